The number of methoxy groups -OCH3 is 2. The maximum atomic E-state index is 13.1. The minimum atomic E-state index is -0.304. The van der Waals surface area contributed by atoms with E-state index in [9.17, 15) is 9.18 Å². The van der Waals surface area contributed by atoms with E-state index in [1.807, 2.05) is 11.3 Å². The van der Waals surface area contributed by atoms with E-state index in [2.05, 4.69) is 81.3 Å². The van der Waals surface area contributed by atoms with Crippen LogP contribution in [-0.2, 0) is 19.1 Å². The number of aryl methyl sites for hydroxylation is 2. The van der Waals surface area contributed by atoms with E-state index in [4.69, 9.17) is 14.3 Å². The second kappa shape index (κ2) is 16.0. The number of benzene rings is 2. The molecule has 0 amide bonds. The van der Waals surface area contributed by atoms with Crippen molar-refractivity contribution in [3.05, 3.63) is 61.1 Å². The van der Waals surface area contributed by atoms with Crippen LogP contribution in [0.1, 0.15) is 16.0 Å². The third-order valence-corrected chi connectivity index (χ3v) is 7.02. The van der Waals surface area contributed by atoms with Crippen LogP contribution in [0, 0.1) is 26.6 Å². The molecule has 174 valence electrons. The van der Waals surface area contributed by atoms with E-state index in [0.717, 1.165) is 4.47 Å². The zero-order chi connectivity index (χ0) is 24.8. The molecular formula is C22H23Br2FO5S2. The van der Waals surface area contributed by atoms with Gasteiger partial charge in [-0.2, -0.15) is 22.2 Å². The Morgan fingerprint density at radius 1 is 1.06 bits per heavy atom. The summed E-state index contributed by atoms with van der Waals surface area (Å²) in [6.45, 7) is 6.00. The molecule has 0 saturated carbocycles. The fourth-order valence-corrected chi connectivity index (χ4v) is 4.12. The number of halogens is 3. The van der Waals surface area contributed by atoms with Crippen LogP contribution in [0.3, 0.4) is 0 Å². The molecule has 3 rings (SSSR count). The van der Waals surface area contributed by atoms with Crippen LogP contribution >= 0.6 is 55.8 Å². The second-order valence-electron chi connectivity index (χ2n) is 5.95. The highest BCUT2D eigenvalue weighted by molar-refractivity contribution is 9.10. The highest BCUT2D eigenvalue weighted by Crippen LogP contribution is 2.32. The first-order valence-electron chi connectivity index (χ1n) is 8.88. The fraction of sp³-hybridized carbons (Fsp3) is 0.273. The van der Waals surface area contributed by atoms with Gasteiger partial charge in [-0.1, -0.05) is 37.9 Å². The lowest BCUT2D eigenvalue weighted by atomic mass is 10.2. The first-order chi connectivity index (χ1) is 15.1. The molecule has 0 N–H and O–H groups in total. The standard InChI is InChI=1S/C10H9BrS.C8H8BrFO.C3H6O2S.CO2/c1-6-5-8-3-4-9(11)7(2)10(8)12-6;1-5-6(9)3-4-7(11-2)8(5)10;1-5-3(4)2-6;2-1-3/h3-5H,1-2H3;3-4H,1-2H3;6H,2H2,1H3;. The lowest BCUT2D eigenvalue weighted by molar-refractivity contribution is -0.191. The number of hydrogen-bond acceptors (Lipinski definition) is 7. The second-order valence-corrected chi connectivity index (χ2v) is 9.24. The Morgan fingerprint density at radius 2 is 1.59 bits per heavy atom. The number of esters is 1. The van der Waals surface area contributed by atoms with E-state index >= 15 is 0 Å². The van der Waals surface area contributed by atoms with Gasteiger partial charge >= 0.3 is 12.1 Å². The van der Waals surface area contributed by atoms with Crippen molar-refractivity contribution in [2.75, 3.05) is 20.0 Å². The molecule has 0 aliphatic carbocycles. The molecule has 0 bridgehead atoms. The van der Waals surface area contributed by atoms with Crippen molar-refractivity contribution in [1.29, 1.82) is 0 Å². The fourth-order valence-electron chi connectivity index (χ4n) is 2.21. The number of ether oxygens (including phenoxy) is 2. The van der Waals surface area contributed by atoms with Crippen molar-refractivity contribution in [2.45, 2.75) is 20.8 Å². The first kappa shape index (κ1) is 30.3. The van der Waals surface area contributed by atoms with Crippen LogP contribution < -0.4 is 4.74 Å². The molecule has 0 aliphatic heterocycles. The summed E-state index contributed by atoms with van der Waals surface area (Å²) in [7, 11) is 2.78. The van der Waals surface area contributed by atoms with Gasteiger partial charge in [-0.3, -0.25) is 4.79 Å². The van der Waals surface area contributed by atoms with E-state index in [1.54, 1.807) is 19.1 Å². The van der Waals surface area contributed by atoms with Crippen LogP contribution in [0.15, 0.2) is 39.3 Å². The predicted molar refractivity (Wildman–Crippen MR) is 135 cm³/mol. The SMILES string of the molecule is COC(=O)CS.COc1ccc(Br)c(C)c1F.Cc1cc2ccc(Br)c(C)c2s1.O=C=O. The summed E-state index contributed by atoms with van der Waals surface area (Å²) >= 11 is 12.2. The summed E-state index contributed by atoms with van der Waals surface area (Å²) in [4.78, 5) is 27.5. The van der Waals surface area contributed by atoms with Gasteiger partial charge in [-0.05, 0) is 56.0 Å². The van der Waals surface area contributed by atoms with Crippen molar-refractivity contribution in [1.82, 2.24) is 0 Å². The highest BCUT2D eigenvalue weighted by Gasteiger charge is 2.07. The molecule has 3 aromatic rings. The van der Waals surface area contributed by atoms with Gasteiger partial charge in [0.1, 0.15) is 0 Å². The maximum absolute atomic E-state index is 13.1. The van der Waals surface area contributed by atoms with Gasteiger partial charge in [-0.25, -0.2) is 4.39 Å². The third kappa shape index (κ3) is 9.83. The molecule has 0 saturated heterocycles. The Balaban J connectivity index is 0.000000445. The van der Waals surface area contributed by atoms with Crippen LogP contribution in [-0.4, -0.2) is 32.1 Å². The van der Waals surface area contributed by atoms with E-state index < -0.39 is 0 Å². The monoisotopic (exact) mass is 608 g/mol. The van der Waals surface area contributed by atoms with Gasteiger partial charge in [0, 0.05) is 24.1 Å². The Morgan fingerprint density at radius 3 is 2.06 bits per heavy atom. The van der Waals surface area contributed by atoms with Crippen molar-refractivity contribution in [3.8, 4) is 5.75 Å². The molecule has 10 heteroatoms. The molecule has 0 unspecified atom stereocenters. The van der Waals surface area contributed by atoms with Crippen molar-refractivity contribution >= 4 is 78.0 Å². The topological polar surface area (TPSA) is 69.7 Å². The maximum Gasteiger partial charge on any atom is 0.373 e. The molecular weight excluding hydrogens is 587 g/mol. The summed E-state index contributed by atoms with van der Waals surface area (Å²) in [5, 5.41) is 1.36. The summed E-state index contributed by atoms with van der Waals surface area (Å²) in [5.41, 5.74) is 1.93. The van der Waals surface area contributed by atoms with Crippen molar-refractivity contribution in [3.63, 3.8) is 0 Å². The number of carbonyl (C=O) groups is 1. The zero-order valence-electron chi connectivity index (χ0n) is 18.1. The normalized spacial score (nSPS) is 9.16. The van der Waals surface area contributed by atoms with Gasteiger partial charge < -0.3 is 9.47 Å². The molecule has 1 aromatic heterocycles. The molecule has 1 heterocycles. The first-order valence-corrected chi connectivity index (χ1v) is 11.9. The van der Waals surface area contributed by atoms with E-state index in [1.165, 1.54) is 39.2 Å². The third-order valence-electron chi connectivity index (χ3n) is 3.85. The molecule has 0 atom stereocenters. The minimum Gasteiger partial charge on any atom is -0.494 e. The summed E-state index contributed by atoms with van der Waals surface area (Å²) in [6.07, 6.45) is 0.250. The number of hydrogen-bond donors (Lipinski definition) is 1. The average Bonchev–Trinajstić information content (AvgIpc) is 3.17. The molecule has 2 aromatic carbocycles. The predicted octanol–water partition coefficient (Wildman–Crippen LogP) is 6.69. The van der Waals surface area contributed by atoms with Crippen LogP contribution in [0.25, 0.3) is 10.1 Å². The van der Waals surface area contributed by atoms with Gasteiger partial charge in [0.2, 0.25) is 0 Å². The Labute approximate surface area is 213 Å². The molecule has 32 heavy (non-hydrogen) atoms. The number of carbonyl (C=O) groups excluding carboxylic acids is 3. The molecule has 0 spiro atoms. The molecule has 0 radical (unpaired) electrons. The van der Waals surface area contributed by atoms with Crippen LogP contribution in [0.5, 0.6) is 5.75 Å². The van der Waals surface area contributed by atoms with E-state index in [0.29, 0.717) is 5.56 Å². The van der Waals surface area contributed by atoms with E-state index in [-0.39, 0.29) is 29.4 Å². The van der Waals surface area contributed by atoms with Gasteiger partial charge in [-0.15, -0.1) is 11.3 Å². The largest absolute Gasteiger partial charge is 0.494 e. The number of thiol groups is 1. The van der Waals surface area contributed by atoms with Crippen molar-refractivity contribution < 1.29 is 28.2 Å². The quantitative estimate of drug-likeness (QED) is 0.259. The van der Waals surface area contributed by atoms with Gasteiger partial charge in [0.25, 0.3) is 0 Å². The summed E-state index contributed by atoms with van der Waals surface area (Å²) in [6, 6.07) is 9.86. The highest BCUT2D eigenvalue weighted by atomic mass is 79.9. The smallest absolute Gasteiger partial charge is 0.373 e. The van der Waals surface area contributed by atoms with Crippen LogP contribution in [0.2, 0.25) is 0 Å². The number of rotatable bonds is 2. The Bertz CT molecular complexity index is 1060. The summed E-state index contributed by atoms with van der Waals surface area (Å²) < 4.78 is 25.4. The zero-order valence-corrected chi connectivity index (χ0v) is 23.0. The molecule has 0 fully saturated rings. The lowest BCUT2D eigenvalue weighted by Gasteiger charge is -2.04. The number of fused-ring (bicyclic) bond motifs is 1. The minimum absolute atomic E-state index is 0.163. The van der Waals surface area contributed by atoms with Gasteiger partial charge in [0.15, 0.2) is 11.6 Å². The number of thiophene rings is 1. The Kier molecular flexibility index (Phi) is 15.1. The van der Waals surface area contributed by atoms with Crippen molar-refractivity contribution in [2.24, 2.45) is 0 Å². The Hall–Kier alpha value is -1.71. The molecule has 5 nitrogen and oxygen atoms in total. The van der Waals surface area contributed by atoms with Gasteiger partial charge in [0.05, 0.1) is 20.0 Å². The molecule has 0 aliphatic rings. The summed E-state index contributed by atoms with van der Waals surface area (Å²) in [5.74, 6) is -0.151. The lowest BCUT2D eigenvalue weighted by Crippen LogP contribution is -1.99. The average molecular weight is 610 g/mol. The van der Waals surface area contributed by atoms with Crippen LogP contribution in [0.4, 0.5) is 4.39 Å².